The van der Waals surface area contributed by atoms with Gasteiger partial charge in [0.05, 0.1) is 12.7 Å². The number of benzene rings is 1. The molecule has 0 unspecified atom stereocenters. The lowest BCUT2D eigenvalue weighted by atomic mass is 10.00. The molecule has 1 aromatic rings. The smallest absolute Gasteiger partial charge is 0.338 e. The van der Waals surface area contributed by atoms with Gasteiger partial charge in [0.15, 0.2) is 0 Å². The predicted molar refractivity (Wildman–Crippen MR) is 59.7 cm³/mol. The molecule has 0 aliphatic heterocycles. The van der Waals surface area contributed by atoms with Crippen LogP contribution >= 0.6 is 15.9 Å². The molecule has 0 radical (unpaired) electrons. The molecule has 0 heterocycles. The molecular formula is C11H13BrO2. The predicted octanol–water partition coefficient (Wildman–Crippen LogP) is 3.16. The first kappa shape index (κ1) is 11.2. The van der Waals surface area contributed by atoms with Crippen LogP contribution in [0.1, 0.15) is 27.0 Å². The molecule has 1 rings (SSSR count). The van der Waals surface area contributed by atoms with Crippen LogP contribution in [0, 0.1) is 20.8 Å². The Morgan fingerprint density at radius 1 is 1.29 bits per heavy atom. The summed E-state index contributed by atoms with van der Waals surface area (Å²) >= 11 is 3.45. The maximum Gasteiger partial charge on any atom is 0.338 e. The molecule has 0 saturated heterocycles. The number of esters is 1. The number of halogens is 1. The van der Waals surface area contributed by atoms with Crippen molar-refractivity contribution in [2.45, 2.75) is 20.8 Å². The van der Waals surface area contributed by atoms with Gasteiger partial charge in [-0.1, -0.05) is 22.0 Å². The highest BCUT2D eigenvalue weighted by molar-refractivity contribution is 9.10. The first-order valence-electron chi connectivity index (χ1n) is 4.33. The van der Waals surface area contributed by atoms with Gasteiger partial charge in [0.1, 0.15) is 0 Å². The molecule has 3 heteroatoms. The minimum absolute atomic E-state index is 0.277. The van der Waals surface area contributed by atoms with E-state index in [2.05, 4.69) is 15.9 Å². The third-order valence-corrected chi connectivity index (χ3v) is 3.49. The van der Waals surface area contributed by atoms with Crippen LogP contribution in [-0.4, -0.2) is 13.1 Å². The van der Waals surface area contributed by atoms with Crippen LogP contribution in [-0.2, 0) is 4.74 Å². The van der Waals surface area contributed by atoms with Gasteiger partial charge in [-0.3, -0.25) is 0 Å². The van der Waals surface area contributed by atoms with E-state index in [1.54, 1.807) is 0 Å². The Kier molecular flexibility index (Phi) is 3.32. The molecule has 1 aromatic carbocycles. The minimum Gasteiger partial charge on any atom is -0.465 e. The van der Waals surface area contributed by atoms with Crippen LogP contribution in [0.15, 0.2) is 10.5 Å². The van der Waals surface area contributed by atoms with Crippen LogP contribution in [0.3, 0.4) is 0 Å². The van der Waals surface area contributed by atoms with Crippen molar-refractivity contribution < 1.29 is 9.53 Å². The van der Waals surface area contributed by atoms with E-state index >= 15 is 0 Å². The van der Waals surface area contributed by atoms with Gasteiger partial charge in [-0.2, -0.15) is 0 Å². The van der Waals surface area contributed by atoms with E-state index in [1.165, 1.54) is 7.11 Å². The fourth-order valence-corrected chi connectivity index (χ4v) is 1.89. The topological polar surface area (TPSA) is 26.3 Å². The zero-order valence-electron chi connectivity index (χ0n) is 8.77. The summed E-state index contributed by atoms with van der Waals surface area (Å²) in [6, 6.07) is 1.98. The number of aryl methyl sites for hydroxylation is 2. The third-order valence-electron chi connectivity index (χ3n) is 2.27. The van der Waals surface area contributed by atoms with Crippen LogP contribution < -0.4 is 0 Å². The van der Waals surface area contributed by atoms with E-state index < -0.39 is 0 Å². The molecule has 0 saturated carbocycles. The lowest BCUT2D eigenvalue weighted by molar-refractivity contribution is 0.0599. The van der Waals surface area contributed by atoms with Crippen molar-refractivity contribution in [1.82, 2.24) is 0 Å². The number of ether oxygens (including phenoxy) is 1. The SMILES string of the molecule is COC(=O)c1c(C)cc(C)c(Br)c1C. The van der Waals surface area contributed by atoms with Crippen molar-refractivity contribution in [3.8, 4) is 0 Å². The van der Waals surface area contributed by atoms with Crippen molar-refractivity contribution in [3.63, 3.8) is 0 Å². The molecule has 76 valence electrons. The zero-order valence-corrected chi connectivity index (χ0v) is 10.4. The van der Waals surface area contributed by atoms with E-state index in [9.17, 15) is 4.79 Å². The van der Waals surface area contributed by atoms with Gasteiger partial charge in [-0.25, -0.2) is 4.79 Å². The Hall–Kier alpha value is -0.830. The van der Waals surface area contributed by atoms with E-state index in [0.717, 1.165) is 21.2 Å². The van der Waals surface area contributed by atoms with Gasteiger partial charge in [0.2, 0.25) is 0 Å². The standard InChI is InChI=1S/C11H13BrO2/c1-6-5-7(2)10(12)8(3)9(6)11(13)14-4/h5H,1-4H3. The van der Waals surface area contributed by atoms with Crippen molar-refractivity contribution in [1.29, 1.82) is 0 Å². The second-order valence-electron chi connectivity index (χ2n) is 3.32. The average molecular weight is 257 g/mol. The summed E-state index contributed by atoms with van der Waals surface area (Å²) in [6.07, 6.45) is 0. The Labute approximate surface area is 92.4 Å². The van der Waals surface area contributed by atoms with Crippen molar-refractivity contribution in [3.05, 3.63) is 32.8 Å². The summed E-state index contributed by atoms with van der Waals surface area (Å²) < 4.78 is 5.71. The summed E-state index contributed by atoms with van der Waals surface area (Å²) in [5.74, 6) is -0.277. The van der Waals surface area contributed by atoms with E-state index in [1.807, 2.05) is 26.8 Å². The Balaban J connectivity index is 3.44. The molecule has 0 bridgehead atoms. The van der Waals surface area contributed by atoms with Gasteiger partial charge in [0.25, 0.3) is 0 Å². The van der Waals surface area contributed by atoms with E-state index in [-0.39, 0.29) is 5.97 Å². The summed E-state index contributed by atoms with van der Waals surface area (Å²) in [6.45, 7) is 5.83. The quantitative estimate of drug-likeness (QED) is 0.722. The molecule has 0 fully saturated rings. The van der Waals surface area contributed by atoms with Gasteiger partial charge in [0, 0.05) is 4.47 Å². The van der Waals surface area contributed by atoms with Crippen molar-refractivity contribution in [2.24, 2.45) is 0 Å². The number of methoxy groups -OCH3 is 1. The monoisotopic (exact) mass is 256 g/mol. The highest BCUT2D eigenvalue weighted by Gasteiger charge is 2.15. The lowest BCUT2D eigenvalue weighted by Gasteiger charge is -2.11. The zero-order chi connectivity index (χ0) is 10.9. The number of carbonyl (C=O) groups excluding carboxylic acids is 1. The Morgan fingerprint density at radius 2 is 1.86 bits per heavy atom. The third kappa shape index (κ3) is 1.82. The van der Waals surface area contributed by atoms with Gasteiger partial charge in [-0.05, 0) is 37.5 Å². The van der Waals surface area contributed by atoms with Crippen molar-refractivity contribution >= 4 is 21.9 Å². The second kappa shape index (κ2) is 4.13. The van der Waals surface area contributed by atoms with Crippen molar-refractivity contribution in [2.75, 3.05) is 7.11 Å². The molecule has 0 N–H and O–H groups in total. The molecule has 2 nitrogen and oxygen atoms in total. The van der Waals surface area contributed by atoms with E-state index in [0.29, 0.717) is 5.56 Å². The highest BCUT2D eigenvalue weighted by atomic mass is 79.9. The molecule has 0 atom stereocenters. The average Bonchev–Trinajstić information content (AvgIpc) is 2.14. The van der Waals surface area contributed by atoms with Gasteiger partial charge < -0.3 is 4.74 Å². The lowest BCUT2D eigenvalue weighted by Crippen LogP contribution is -2.07. The van der Waals surface area contributed by atoms with Crippen LogP contribution in [0.25, 0.3) is 0 Å². The molecule has 0 amide bonds. The van der Waals surface area contributed by atoms with Gasteiger partial charge in [-0.15, -0.1) is 0 Å². The second-order valence-corrected chi connectivity index (χ2v) is 4.11. The summed E-state index contributed by atoms with van der Waals surface area (Å²) in [5.41, 5.74) is 3.68. The normalized spacial score (nSPS) is 10.1. The van der Waals surface area contributed by atoms with E-state index in [4.69, 9.17) is 4.74 Å². The largest absolute Gasteiger partial charge is 0.465 e. The first-order chi connectivity index (χ1) is 6.49. The maximum atomic E-state index is 11.5. The highest BCUT2D eigenvalue weighted by Crippen LogP contribution is 2.27. The number of carbonyl (C=O) groups is 1. The number of rotatable bonds is 1. The Morgan fingerprint density at radius 3 is 2.36 bits per heavy atom. The molecule has 0 aliphatic rings. The molecule has 0 spiro atoms. The number of hydrogen-bond donors (Lipinski definition) is 0. The molecule has 14 heavy (non-hydrogen) atoms. The first-order valence-corrected chi connectivity index (χ1v) is 5.13. The number of hydrogen-bond acceptors (Lipinski definition) is 2. The maximum absolute atomic E-state index is 11.5. The summed E-state index contributed by atoms with van der Waals surface area (Å²) in [7, 11) is 1.40. The minimum atomic E-state index is -0.277. The Bertz CT molecular complexity index is 383. The molecule has 0 aliphatic carbocycles. The van der Waals surface area contributed by atoms with Crippen LogP contribution in [0.5, 0.6) is 0 Å². The summed E-state index contributed by atoms with van der Waals surface area (Å²) in [4.78, 5) is 11.5. The fraction of sp³-hybridized carbons (Fsp3) is 0.364. The van der Waals surface area contributed by atoms with Gasteiger partial charge >= 0.3 is 5.97 Å². The van der Waals surface area contributed by atoms with Crippen LogP contribution in [0.4, 0.5) is 0 Å². The fourth-order valence-electron chi connectivity index (χ4n) is 1.58. The molecule has 0 aromatic heterocycles. The molecular weight excluding hydrogens is 244 g/mol. The summed E-state index contributed by atoms with van der Waals surface area (Å²) in [5, 5.41) is 0. The van der Waals surface area contributed by atoms with Crippen LogP contribution in [0.2, 0.25) is 0 Å².